The Kier molecular flexibility index (Phi) is 4.69. The molecule has 1 heterocycles. The molecule has 4 heteroatoms. The van der Waals surface area contributed by atoms with E-state index in [1.807, 2.05) is 42.8 Å². The van der Waals surface area contributed by atoms with Crippen molar-refractivity contribution in [1.29, 1.82) is 0 Å². The molecular weight excluding hydrogens is 250 g/mol. The molecule has 0 saturated heterocycles. The maximum absolute atomic E-state index is 12.0. The van der Waals surface area contributed by atoms with Crippen LogP contribution in [-0.2, 0) is 6.54 Å². The first-order valence-corrected chi connectivity index (χ1v) is 7.00. The zero-order valence-corrected chi connectivity index (χ0v) is 12.3. The molecule has 2 rings (SSSR count). The maximum Gasteiger partial charge on any atom is 0.204 e. The average Bonchev–Trinajstić information content (AvgIpc) is 2.42. The van der Waals surface area contributed by atoms with Crippen LogP contribution in [-0.4, -0.2) is 16.3 Å². The average molecular weight is 271 g/mol. The van der Waals surface area contributed by atoms with E-state index < -0.39 is 0 Å². The molecule has 20 heavy (non-hydrogen) atoms. The van der Waals surface area contributed by atoms with E-state index in [1.165, 1.54) is 0 Å². The molecule has 0 fully saturated rings. The Bertz CT molecular complexity index is 646. The van der Waals surface area contributed by atoms with E-state index in [1.54, 1.807) is 6.07 Å². The Balaban J connectivity index is 2.41. The van der Waals surface area contributed by atoms with Gasteiger partial charge in [0.25, 0.3) is 0 Å². The van der Waals surface area contributed by atoms with E-state index in [-0.39, 0.29) is 5.43 Å². The molecule has 0 bridgehead atoms. The Morgan fingerprint density at radius 1 is 1.25 bits per heavy atom. The minimum absolute atomic E-state index is 0.00376. The smallest absolute Gasteiger partial charge is 0.204 e. The van der Waals surface area contributed by atoms with E-state index in [0.717, 1.165) is 29.9 Å². The molecule has 0 radical (unpaired) electrons. The van der Waals surface area contributed by atoms with E-state index >= 15 is 0 Å². The third-order valence-corrected chi connectivity index (χ3v) is 3.24. The highest BCUT2D eigenvalue weighted by Crippen LogP contribution is 2.13. The molecule has 106 valence electrons. The number of hydrogen-bond donors (Lipinski definition) is 1. The Hall–Kier alpha value is -1.94. The number of hydrogen-bond acceptors (Lipinski definition) is 3. The highest BCUT2D eigenvalue weighted by Gasteiger charge is 2.08. The van der Waals surface area contributed by atoms with Crippen molar-refractivity contribution >= 4 is 0 Å². The summed E-state index contributed by atoms with van der Waals surface area (Å²) in [6.07, 6.45) is 1.04. The summed E-state index contributed by atoms with van der Waals surface area (Å²) in [5, 5.41) is 7.75. The van der Waals surface area contributed by atoms with E-state index in [0.29, 0.717) is 12.2 Å². The van der Waals surface area contributed by atoms with Crippen molar-refractivity contribution in [2.24, 2.45) is 0 Å². The molecule has 1 aromatic carbocycles. The first-order valence-electron chi connectivity index (χ1n) is 7.00. The summed E-state index contributed by atoms with van der Waals surface area (Å²) in [5.74, 6) is 0. The molecule has 0 unspecified atom stereocenters. The molecule has 0 spiro atoms. The van der Waals surface area contributed by atoms with Gasteiger partial charge in [0, 0.05) is 18.3 Å². The van der Waals surface area contributed by atoms with Crippen molar-refractivity contribution in [2.45, 2.75) is 33.7 Å². The van der Waals surface area contributed by atoms with Gasteiger partial charge in [0.2, 0.25) is 5.43 Å². The number of aryl methyl sites for hydroxylation is 2. The lowest BCUT2D eigenvalue weighted by Gasteiger charge is -2.13. The molecule has 1 N–H and O–H groups in total. The van der Waals surface area contributed by atoms with Crippen LogP contribution in [0.1, 0.15) is 30.3 Å². The highest BCUT2D eigenvalue weighted by atomic mass is 16.1. The van der Waals surface area contributed by atoms with E-state index in [4.69, 9.17) is 0 Å². The van der Waals surface area contributed by atoms with Gasteiger partial charge >= 0.3 is 0 Å². The van der Waals surface area contributed by atoms with E-state index in [2.05, 4.69) is 17.3 Å². The van der Waals surface area contributed by atoms with Crippen LogP contribution < -0.4 is 10.7 Å². The lowest BCUT2D eigenvalue weighted by molar-refractivity contribution is 0.636. The predicted octanol–water partition coefficient (Wildman–Crippen LogP) is 2.35. The van der Waals surface area contributed by atoms with Gasteiger partial charge in [0.15, 0.2) is 0 Å². The van der Waals surface area contributed by atoms with Crippen LogP contribution in [0.4, 0.5) is 0 Å². The first kappa shape index (κ1) is 14.5. The van der Waals surface area contributed by atoms with Crippen LogP contribution in [0.25, 0.3) is 5.69 Å². The van der Waals surface area contributed by atoms with Crippen LogP contribution in [0, 0.1) is 13.8 Å². The van der Waals surface area contributed by atoms with Crippen molar-refractivity contribution in [3.63, 3.8) is 0 Å². The minimum atomic E-state index is -0.00376. The summed E-state index contributed by atoms with van der Waals surface area (Å²) < 4.78 is 1.85. The SMILES string of the molecule is CCCNCc1nn(-c2ccccc2C)c(C)cc1=O. The Labute approximate surface area is 119 Å². The monoisotopic (exact) mass is 271 g/mol. The van der Waals surface area contributed by atoms with Gasteiger partial charge in [-0.25, -0.2) is 4.68 Å². The molecule has 0 amide bonds. The topological polar surface area (TPSA) is 46.9 Å². The second kappa shape index (κ2) is 6.48. The van der Waals surface area contributed by atoms with Crippen molar-refractivity contribution < 1.29 is 0 Å². The van der Waals surface area contributed by atoms with E-state index in [9.17, 15) is 4.79 Å². The summed E-state index contributed by atoms with van der Waals surface area (Å²) in [6.45, 7) is 7.45. The second-order valence-electron chi connectivity index (χ2n) is 4.97. The summed E-state index contributed by atoms with van der Waals surface area (Å²) in [5.41, 5.74) is 3.56. The van der Waals surface area contributed by atoms with Gasteiger partial charge in [-0.05, 0) is 38.4 Å². The van der Waals surface area contributed by atoms with Gasteiger partial charge in [0.05, 0.1) is 5.69 Å². The van der Waals surface area contributed by atoms with Crippen LogP contribution >= 0.6 is 0 Å². The Morgan fingerprint density at radius 2 is 2.00 bits per heavy atom. The summed E-state index contributed by atoms with van der Waals surface area (Å²) in [4.78, 5) is 12.0. The molecular formula is C16H21N3O. The fourth-order valence-electron chi connectivity index (χ4n) is 2.13. The lowest BCUT2D eigenvalue weighted by Crippen LogP contribution is -2.25. The predicted molar refractivity (Wildman–Crippen MR) is 81.3 cm³/mol. The molecule has 1 aromatic heterocycles. The van der Waals surface area contributed by atoms with Crippen molar-refractivity contribution in [1.82, 2.24) is 15.1 Å². The van der Waals surface area contributed by atoms with Gasteiger partial charge in [-0.15, -0.1) is 0 Å². The normalized spacial score (nSPS) is 10.8. The minimum Gasteiger partial charge on any atom is -0.311 e. The molecule has 0 saturated carbocycles. The van der Waals surface area contributed by atoms with Gasteiger partial charge in [-0.2, -0.15) is 5.10 Å². The second-order valence-corrected chi connectivity index (χ2v) is 4.97. The third kappa shape index (κ3) is 3.14. The highest BCUT2D eigenvalue weighted by molar-refractivity contribution is 5.40. The number of nitrogens with zero attached hydrogens (tertiary/aromatic N) is 2. The van der Waals surface area contributed by atoms with Crippen molar-refractivity contribution in [3.8, 4) is 5.69 Å². The number of nitrogens with one attached hydrogen (secondary N) is 1. The van der Waals surface area contributed by atoms with Crippen LogP contribution in [0.15, 0.2) is 35.1 Å². The fraction of sp³-hybridized carbons (Fsp3) is 0.375. The largest absolute Gasteiger partial charge is 0.311 e. The van der Waals surface area contributed by atoms with Crippen molar-refractivity contribution in [2.75, 3.05) is 6.54 Å². The maximum atomic E-state index is 12.0. The number of aromatic nitrogens is 2. The molecule has 0 atom stereocenters. The van der Waals surface area contributed by atoms with Gasteiger partial charge in [-0.1, -0.05) is 25.1 Å². The zero-order chi connectivity index (χ0) is 14.5. The standard InChI is InChI=1S/C16H21N3O/c1-4-9-17-11-14-16(20)10-13(3)19(18-14)15-8-6-5-7-12(15)2/h5-8,10,17H,4,9,11H2,1-3H3. The summed E-state index contributed by atoms with van der Waals surface area (Å²) in [6, 6.07) is 9.70. The molecule has 0 aliphatic heterocycles. The van der Waals surface area contributed by atoms with Gasteiger partial charge in [-0.3, -0.25) is 4.79 Å². The number of para-hydroxylation sites is 1. The molecule has 4 nitrogen and oxygen atoms in total. The van der Waals surface area contributed by atoms with Crippen LogP contribution in [0.5, 0.6) is 0 Å². The molecule has 0 aliphatic carbocycles. The lowest BCUT2D eigenvalue weighted by atomic mass is 10.2. The fourth-order valence-corrected chi connectivity index (χ4v) is 2.13. The summed E-state index contributed by atoms with van der Waals surface area (Å²) in [7, 11) is 0. The van der Waals surface area contributed by atoms with Crippen molar-refractivity contribution in [3.05, 3.63) is 57.5 Å². The van der Waals surface area contributed by atoms with Gasteiger partial charge < -0.3 is 5.32 Å². The third-order valence-electron chi connectivity index (χ3n) is 3.24. The van der Waals surface area contributed by atoms with Gasteiger partial charge in [0.1, 0.15) is 5.69 Å². The quantitative estimate of drug-likeness (QED) is 0.849. The zero-order valence-electron chi connectivity index (χ0n) is 12.3. The first-order chi connectivity index (χ1) is 9.63. The number of benzene rings is 1. The Morgan fingerprint density at radius 3 is 2.70 bits per heavy atom. The molecule has 0 aliphatic rings. The van der Waals surface area contributed by atoms with Crippen LogP contribution in [0.3, 0.4) is 0 Å². The number of rotatable bonds is 5. The van der Waals surface area contributed by atoms with Crippen LogP contribution in [0.2, 0.25) is 0 Å². The summed E-state index contributed by atoms with van der Waals surface area (Å²) >= 11 is 0. The molecule has 2 aromatic rings.